The first kappa shape index (κ1) is 9.86. The second kappa shape index (κ2) is 4.23. The van der Waals surface area contributed by atoms with Crippen molar-refractivity contribution in [3.63, 3.8) is 0 Å². The molecular formula is C9H16N4S. The minimum Gasteiger partial charge on any atom is -0.343 e. The summed E-state index contributed by atoms with van der Waals surface area (Å²) >= 11 is 1.46. The van der Waals surface area contributed by atoms with Crippen molar-refractivity contribution in [2.24, 2.45) is 11.7 Å². The van der Waals surface area contributed by atoms with Crippen molar-refractivity contribution >= 4 is 16.7 Å². The van der Waals surface area contributed by atoms with Crippen LogP contribution in [-0.4, -0.2) is 28.5 Å². The Hall–Kier alpha value is -0.680. The molecule has 1 fully saturated rings. The third-order valence-electron chi connectivity index (χ3n) is 2.85. The van der Waals surface area contributed by atoms with Crippen molar-refractivity contribution < 1.29 is 0 Å². The maximum atomic E-state index is 5.78. The van der Waals surface area contributed by atoms with Crippen LogP contribution in [0.15, 0.2) is 6.33 Å². The van der Waals surface area contributed by atoms with Crippen molar-refractivity contribution in [3.8, 4) is 0 Å². The van der Waals surface area contributed by atoms with Gasteiger partial charge >= 0.3 is 0 Å². The van der Waals surface area contributed by atoms with Crippen LogP contribution in [0, 0.1) is 5.92 Å². The van der Waals surface area contributed by atoms with Gasteiger partial charge in [-0.25, -0.2) is 4.98 Å². The van der Waals surface area contributed by atoms with Crippen molar-refractivity contribution in [3.05, 3.63) is 6.33 Å². The topological polar surface area (TPSA) is 55.0 Å². The van der Waals surface area contributed by atoms with Gasteiger partial charge in [0.05, 0.1) is 0 Å². The zero-order valence-electron chi connectivity index (χ0n) is 8.39. The molecule has 2 N–H and O–H groups in total. The van der Waals surface area contributed by atoms with Gasteiger partial charge in [-0.3, -0.25) is 0 Å². The van der Waals surface area contributed by atoms with Crippen LogP contribution < -0.4 is 10.6 Å². The van der Waals surface area contributed by atoms with E-state index in [1.54, 1.807) is 6.33 Å². The van der Waals surface area contributed by atoms with E-state index in [2.05, 4.69) is 21.2 Å². The molecule has 1 aliphatic heterocycles. The van der Waals surface area contributed by atoms with Crippen molar-refractivity contribution in [2.45, 2.75) is 25.8 Å². The number of nitrogens with two attached hydrogens (primary N) is 1. The van der Waals surface area contributed by atoms with Gasteiger partial charge in [0.15, 0.2) is 0 Å². The largest absolute Gasteiger partial charge is 0.343 e. The molecule has 2 unspecified atom stereocenters. The first-order chi connectivity index (χ1) is 6.81. The van der Waals surface area contributed by atoms with E-state index in [4.69, 9.17) is 5.73 Å². The highest BCUT2D eigenvalue weighted by Crippen LogP contribution is 2.27. The molecule has 2 rings (SSSR count). The van der Waals surface area contributed by atoms with Gasteiger partial charge in [0.2, 0.25) is 5.13 Å². The van der Waals surface area contributed by atoms with Gasteiger partial charge in [0.25, 0.3) is 0 Å². The number of rotatable bonds is 2. The van der Waals surface area contributed by atoms with Gasteiger partial charge < -0.3 is 10.6 Å². The van der Waals surface area contributed by atoms with Gasteiger partial charge in [-0.05, 0) is 18.8 Å². The molecule has 0 radical (unpaired) electrons. The maximum Gasteiger partial charge on any atom is 0.205 e. The van der Waals surface area contributed by atoms with E-state index in [9.17, 15) is 0 Å². The standard InChI is InChI=1S/C9H16N4S/c1-7-2-3-13(8(4-7)5-10)9-11-6-12-14-9/h6-8H,2-5,10H2,1H3. The summed E-state index contributed by atoms with van der Waals surface area (Å²) in [5, 5.41) is 1.02. The summed E-state index contributed by atoms with van der Waals surface area (Å²) < 4.78 is 4.03. The van der Waals surface area contributed by atoms with Gasteiger partial charge in [0.1, 0.15) is 6.33 Å². The average molecular weight is 212 g/mol. The summed E-state index contributed by atoms with van der Waals surface area (Å²) in [7, 11) is 0. The quantitative estimate of drug-likeness (QED) is 0.797. The lowest BCUT2D eigenvalue weighted by Crippen LogP contribution is -2.46. The normalized spacial score (nSPS) is 28.0. The predicted octanol–water partition coefficient (Wildman–Crippen LogP) is 1.10. The fraction of sp³-hybridized carbons (Fsp3) is 0.778. The molecule has 1 saturated heterocycles. The summed E-state index contributed by atoms with van der Waals surface area (Å²) in [5.41, 5.74) is 5.78. The number of hydrogen-bond donors (Lipinski definition) is 1. The van der Waals surface area contributed by atoms with Crippen LogP contribution in [-0.2, 0) is 0 Å². The number of hydrogen-bond acceptors (Lipinski definition) is 5. The zero-order valence-corrected chi connectivity index (χ0v) is 9.20. The Morgan fingerprint density at radius 2 is 2.57 bits per heavy atom. The third-order valence-corrected chi connectivity index (χ3v) is 3.55. The SMILES string of the molecule is CC1CCN(c2ncns2)C(CN)C1. The molecule has 1 aliphatic rings. The van der Waals surface area contributed by atoms with E-state index in [0.717, 1.165) is 17.6 Å². The summed E-state index contributed by atoms with van der Waals surface area (Å²) in [4.78, 5) is 6.54. The van der Waals surface area contributed by atoms with E-state index in [0.29, 0.717) is 12.6 Å². The summed E-state index contributed by atoms with van der Waals surface area (Å²) in [5.74, 6) is 0.785. The fourth-order valence-electron chi connectivity index (χ4n) is 2.02. The van der Waals surface area contributed by atoms with Gasteiger partial charge in [-0.15, -0.1) is 0 Å². The van der Waals surface area contributed by atoms with Crippen LogP contribution in [0.1, 0.15) is 19.8 Å². The lowest BCUT2D eigenvalue weighted by atomic mass is 9.93. The smallest absolute Gasteiger partial charge is 0.205 e. The molecule has 1 aromatic rings. The number of piperidine rings is 1. The lowest BCUT2D eigenvalue weighted by Gasteiger charge is -2.37. The van der Waals surface area contributed by atoms with Gasteiger partial charge in [-0.1, -0.05) is 6.92 Å². The molecule has 2 heterocycles. The molecule has 0 spiro atoms. The molecule has 0 saturated carbocycles. The fourth-order valence-corrected chi connectivity index (χ4v) is 2.65. The Morgan fingerprint density at radius 3 is 3.21 bits per heavy atom. The molecule has 0 aromatic carbocycles. The average Bonchev–Trinajstić information content (AvgIpc) is 2.70. The number of nitrogens with zero attached hydrogens (tertiary/aromatic N) is 3. The Bertz CT molecular complexity index is 274. The first-order valence-electron chi connectivity index (χ1n) is 5.04. The van der Waals surface area contributed by atoms with Crippen LogP contribution in [0.3, 0.4) is 0 Å². The van der Waals surface area contributed by atoms with Crippen LogP contribution in [0.5, 0.6) is 0 Å². The highest BCUT2D eigenvalue weighted by atomic mass is 32.1. The van der Waals surface area contributed by atoms with Crippen molar-refractivity contribution in [2.75, 3.05) is 18.0 Å². The Balaban J connectivity index is 2.10. The predicted molar refractivity (Wildman–Crippen MR) is 58.5 cm³/mol. The van der Waals surface area contributed by atoms with Crippen LogP contribution in [0.4, 0.5) is 5.13 Å². The monoisotopic (exact) mass is 212 g/mol. The minimum absolute atomic E-state index is 0.451. The molecule has 78 valence electrons. The molecule has 2 atom stereocenters. The van der Waals surface area contributed by atoms with Gasteiger partial charge in [-0.2, -0.15) is 4.37 Å². The lowest BCUT2D eigenvalue weighted by molar-refractivity contribution is 0.366. The van der Waals surface area contributed by atoms with E-state index in [1.165, 1.54) is 24.4 Å². The number of anilines is 1. The molecule has 14 heavy (non-hydrogen) atoms. The molecule has 4 nitrogen and oxygen atoms in total. The molecule has 1 aromatic heterocycles. The van der Waals surface area contributed by atoms with E-state index < -0.39 is 0 Å². The van der Waals surface area contributed by atoms with E-state index >= 15 is 0 Å². The van der Waals surface area contributed by atoms with E-state index in [-0.39, 0.29) is 0 Å². The van der Waals surface area contributed by atoms with Crippen molar-refractivity contribution in [1.29, 1.82) is 0 Å². The highest BCUT2D eigenvalue weighted by molar-refractivity contribution is 7.09. The van der Waals surface area contributed by atoms with Crippen LogP contribution in [0.2, 0.25) is 0 Å². The Kier molecular flexibility index (Phi) is 2.98. The molecular weight excluding hydrogens is 196 g/mol. The molecule has 0 bridgehead atoms. The first-order valence-corrected chi connectivity index (χ1v) is 5.82. The minimum atomic E-state index is 0.451. The summed E-state index contributed by atoms with van der Waals surface area (Å²) in [6.45, 7) is 4.07. The second-order valence-electron chi connectivity index (χ2n) is 3.94. The Labute approximate surface area is 88.3 Å². The summed E-state index contributed by atoms with van der Waals surface area (Å²) in [6, 6.07) is 0.451. The van der Waals surface area contributed by atoms with Gasteiger partial charge in [0, 0.05) is 30.7 Å². The zero-order chi connectivity index (χ0) is 9.97. The maximum absolute atomic E-state index is 5.78. The van der Waals surface area contributed by atoms with Crippen LogP contribution in [0.25, 0.3) is 0 Å². The van der Waals surface area contributed by atoms with Crippen LogP contribution >= 0.6 is 11.5 Å². The molecule has 5 heteroatoms. The Morgan fingerprint density at radius 1 is 1.71 bits per heavy atom. The summed E-state index contributed by atoms with van der Waals surface area (Å²) in [6.07, 6.45) is 4.03. The van der Waals surface area contributed by atoms with E-state index in [1.807, 2.05) is 0 Å². The highest BCUT2D eigenvalue weighted by Gasteiger charge is 2.26. The second-order valence-corrected chi connectivity index (χ2v) is 4.69. The van der Waals surface area contributed by atoms with Crippen molar-refractivity contribution in [1.82, 2.24) is 9.36 Å². The third kappa shape index (κ3) is 1.88. The molecule has 0 aliphatic carbocycles. The molecule has 0 amide bonds. The number of aromatic nitrogens is 2.